The number of aliphatic carboxylic acids is 1. The third kappa shape index (κ3) is 2.89. The summed E-state index contributed by atoms with van der Waals surface area (Å²) < 4.78 is 0. The van der Waals surface area contributed by atoms with E-state index in [1.54, 1.807) is 0 Å². The Morgan fingerprint density at radius 1 is 1.28 bits per heavy atom. The molecule has 6 nitrogen and oxygen atoms in total. The number of hydrogen-bond donors (Lipinski definition) is 3. The van der Waals surface area contributed by atoms with E-state index in [4.69, 9.17) is 5.11 Å². The van der Waals surface area contributed by atoms with E-state index in [0.29, 0.717) is 18.1 Å². The Bertz CT molecular complexity index is 339. The first-order valence-corrected chi connectivity index (χ1v) is 7.31. The van der Waals surface area contributed by atoms with Crippen LogP contribution in [0.4, 0.5) is 4.79 Å². The van der Waals surface area contributed by atoms with Crippen molar-refractivity contribution in [2.75, 3.05) is 11.6 Å². The molecule has 2 amide bonds. The second kappa shape index (κ2) is 5.79. The highest BCUT2D eigenvalue weighted by atomic mass is 32.2. The number of urea groups is 1. The average molecular weight is 274 g/mol. The molecule has 1 aliphatic carbocycles. The summed E-state index contributed by atoms with van der Waals surface area (Å²) in [5.41, 5.74) is 0. The number of carboxylic acid groups (broad SMARTS) is 1. The zero-order valence-electron chi connectivity index (χ0n) is 10.0. The molecule has 0 bridgehead atoms. The molecule has 1 saturated heterocycles. The summed E-state index contributed by atoms with van der Waals surface area (Å²) in [6.45, 7) is 0. The summed E-state index contributed by atoms with van der Waals surface area (Å²) in [7, 11) is 0. The van der Waals surface area contributed by atoms with Gasteiger partial charge in [0.1, 0.15) is 6.04 Å². The van der Waals surface area contributed by atoms with Crippen molar-refractivity contribution in [3.05, 3.63) is 0 Å². The lowest BCUT2D eigenvalue weighted by molar-refractivity contribution is -0.140. The molecule has 2 fully saturated rings. The van der Waals surface area contributed by atoms with Crippen LogP contribution in [0.5, 0.6) is 0 Å². The fraction of sp³-hybridized carbons (Fsp3) is 0.818. The molecule has 1 aliphatic heterocycles. The van der Waals surface area contributed by atoms with Crippen LogP contribution in [0, 0.1) is 0 Å². The van der Waals surface area contributed by atoms with Gasteiger partial charge >= 0.3 is 12.0 Å². The molecule has 1 heterocycles. The van der Waals surface area contributed by atoms with Gasteiger partial charge in [-0.25, -0.2) is 9.59 Å². The van der Waals surface area contributed by atoms with Crippen molar-refractivity contribution < 1.29 is 19.8 Å². The average Bonchev–Trinajstić information content (AvgIpc) is 2.81. The van der Waals surface area contributed by atoms with Gasteiger partial charge in [-0.15, -0.1) is 11.8 Å². The van der Waals surface area contributed by atoms with Crippen LogP contribution in [-0.2, 0) is 4.79 Å². The smallest absolute Gasteiger partial charge is 0.327 e. The van der Waals surface area contributed by atoms with E-state index in [2.05, 4.69) is 5.32 Å². The molecule has 3 unspecified atom stereocenters. The van der Waals surface area contributed by atoms with Crippen molar-refractivity contribution in [3.8, 4) is 0 Å². The predicted molar refractivity (Wildman–Crippen MR) is 67.4 cm³/mol. The number of amides is 2. The van der Waals surface area contributed by atoms with Crippen LogP contribution in [0.15, 0.2) is 0 Å². The number of hydrogen-bond acceptors (Lipinski definition) is 4. The Morgan fingerprint density at radius 2 is 2.00 bits per heavy atom. The van der Waals surface area contributed by atoms with Gasteiger partial charge in [-0.2, -0.15) is 0 Å². The summed E-state index contributed by atoms with van der Waals surface area (Å²) in [4.78, 5) is 24.3. The summed E-state index contributed by atoms with van der Waals surface area (Å²) in [6, 6.07) is -1.37. The predicted octanol–water partition coefficient (Wildman–Crippen LogP) is 0.459. The third-order valence-corrected chi connectivity index (χ3v) is 4.48. The van der Waals surface area contributed by atoms with Gasteiger partial charge in [0.25, 0.3) is 0 Å². The van der Waals surface area contributed by atoms with Gasteiger partial charge < -0.3 is 20.4 Å². The molecule has 3 atom stereocenters. The number of carboxylic acids is 1. The molecule has 7 heteroatoms. The first-order valence-electron chi connectivity index (χ1n) is 6.15. The lowest BCUT2D eigenvalue weighted by Crippen LogP contribution is -2.53. The van der Waals surface area contributed by atoms with Crippen LogP contribution < -0.4 is 5.32 Å². The van der Waals surface area contributed by atoms with Crippen LogP contribution in [0.25, 0.3) is 0 Å². The van der Waals surface area contributed by atoms with E-state index in [1.807, 2.05) is 0 Å². The number of thioether (sulfide) groups is 1. The standard InChI is InChI=1S/C11H18N2O4S/c14-9-4-2-1-3-7(9)12-11(17)13-6-18-5-8(13)10(15)16/h7-9,14H,1-6H2,(H,12,17)(H,15,16). The van der Waals surface area contributed by atoms with Gasteiger partial charge in [0.15, 0.2) is 0 Å². The monoisotopic (exact) mass is 274 g/mol. The number of nitrogens with zero attached hydrogens (tertiary/aromatic N) is 1. The molecule has 3 N–H and O–H groups in total. The van der Waals surface area contributed by atoms with Crippen molar-refractivity contribution in [2.24, 2.45) is 0 Å². The zero-order valence-corrected chi connectivity index (χ0v) is 10.9. The number of aliphatic hydroxyl groups is 1. The van der Waals surface area contributed by atoms with E-state index in [9.17, 15) is 14.7 Å². The number of carbonyl (C=O) groups excluding carboxylic acids is 1. The number of aliphatic hydroxyl groups excluding tert-OH is 1. The fourth-order valence-corrected chi connectivity index (χ4v) is 3.51. The van der Waals surface area contributed by atoms with Crippen LogP contribution in [0.1, 0.15) is 25.7 Å². The van der Waals surface area contributed by atoms with Crippen LogP contribution in [0.2, 0.25) is 0 Å². The van der Waals surface area contributed by atoms with Crippen molar-refractivity contribution in [3.63, 3.8) is 0 Å². The second-order valence-corrected chi connectivity index (χ2v) is 5.73. The summed E-state index contributed by atoms with van der Waals surface area (Å²) in [5, 5.41) is 21.5. The topological polar surface area (TPSA) is 89.9 Å². The van der Waals surface area contributed by atoms with E-state index in [-0.39, 0.29) is 12.1 Å². The quantitative estimate of drug-likeness (QED) is 0.680. The van der Waals surface area contributed by atoms with E-state index < -0.39 is 18.1 Å². The van der Waals surface area contributed by atoms with Gasteiger partial charge in [0.2, 0.25) is 0 Å². The first-order chi connectivity index (χ1) is 8.59. The third-order valence-electron chi connectivity index (χ3n) is 3.47. The molecule has 0 radical (unpaired) electrons. The molecule has 2 aliphatic rings. The number of nitrogens with one attached hydrogen (secondary N) is 1. The summed E-state index contributed by atoms with van der Waals surface area (Å²) >= 11 is 1.43. The van der Waals surface area contributed by atoms with E-state index in [1.165, 1.54) is 16.7 Å². The van der Waals surface area contributed by atoms with Crippen molar-refractivity contribution in [1.82, 2.24) is 10.2 Å². The Kier molecular flexibility index (Phi) is 4.34. The summed E-state index contributed by atoms with van der Waals surface area (Å²) in [6.07, 6.45) is 2.90. The minimum absolute atomic E-state index is 0.244. The van der Waals surface area contributed by atoms with Crippen molar-refractivity contribution >= 4 is 23.8 Å². The molecule has 0 spiro atoms. The molecular weight excluding hydrogens is 256 g/mol. The van der Waals surface area contributed by atoms with Crippen molar-refractivity contribution in [1.29, 1.82) is 0 Å². The highest BCUT2D eigenvalue weighted by Crippen LogP contribution is 2.23. The fourth-order valence-electron chi connectivity index (χ4n) is 2.37. The minimum Gasteiger partial charge on any atom is -0.480 e. The maximum atomic E-state index is 12.0. The molecule has 2 rings (SSSR count). The Morgan fingerprint density at radius 3 is 2.67 bits per heavy atom. The largest absolute Gasteiger partial charge is 0.480 e. The second-order valence-electron chi connectivity index (χ2n) is 4.73. The molecule has 18 heavy (non-hydrogen) atoms. The highest BCUT2D eigenvalue weighted by molar-refractivity contribution is 7.99. The lowest BCUT2D eigenvalue weighted by atomic mass is 9.93. The van der Waals surface area contributed by atoms with Crippen LogP contribution in [0.3, 0.4) is 0 Å². The molecule has 0 aromatic rings. The normalized spacial score (nSPS) is 32.3. The molecule has 0 aromatic carbocycles. The Balaban J connectivity index is 1.92. The number of rotatable bonds is 2. The highest BCUT2D eigenvalue weighted by Gasteiger charge is 2.36. The number of carbonyl (C=O) groups is 2. The van der Waals surface area contributed by atoms with Gasteiger partial charge in [0, 0.05) is 5.75 Å². The maximum absolute atomic E-state index is 12.0. The molecule has 102 valence electrons. The van der Waals surface area contributed by atoms with Crippen LogP contribution >= 0.6 is 11.8 Å². The molecule has 1 saturated carbocycles. The molecular formula is C11H18N2O4S. The summed E-state index contributed by atoms with van der Waals surface area (Å²) in [5.74, 6) is -0.152. The SMILES string of the molecule is O=C(O)C1CSCN1C(=O)NC1CCCCC1O. The zero-order chi connectivity index (χ0) is 13.1. The lowest BCUT2D eigenvalue weighted by Gasteiger charge is -2.31. The van der Waals surface area contributed by atoms with Gasteiger partial charge in [0.05, 0.1) is 18.0 Å². The molecule has 0 aromatic heterocycles. The van der Waals surface area contributed by atoms with E-state index in [0.717, 1.165) is 19.3 Å². The van der Waals surface area contributed by atoms with Crippen molar-refractivity contribution in [2.45, 2.75) is 43.9 Å². The van der Waals surface area contributed by atoms with Gasteiger partial charge in [-0.3, -0.25) is 0 Å². The Hall–Kier alpha value is -0.950. The van der Waals surface area contributed by atoms with Gasteiger partial charge in [-0.1, -0.05) is 12.8 Å². The Labute approximate surface area is 110 Å². The van der Waals surface area contributed by atoms with Gasteiger partial charge in [-0.05, 0) is 12.8 Å². The maximum Gasteiger partial charge on any atom is 0.327 e. The van der Waals surface area contributed by atoms with E-state index >= 15 is 0 Å². The minimum atomic E-state index is -0.973. The first kappa shape index (κ1) is 13.5. The van der Waals surface area contributed by atoms with Crippen LogP contribution in [-0.4, -0.2) is 56.9 Å².